The predicted octanol–water partition coefficient (Wildman–Crippen LogP) is 0.486. The van der Waals surface area contributed by atoms with Crippen molar-refractivity contribution in [2.24, 2.45) is 23.3 Å². The normalized spacial score (nSPS) is 32.6. The second kappa shape index (κ2) is 3.74. The Morgan fingerprint density at radius 1 is 1.00 bits per heavy atom. The molecule has 0 aliphatic heterocycles. The highest BCUT2D eigenvalue weighted by Gasteiger charge is 2.18. The second-order valence-electron chi connectivity index (χ2n) is 2.93. The molecule has 58 valence electrons. The minimum absolute atomic E-state index is 0.634. The van der Waals surface area contributed by atoms with Gasteiger partial charge in [-0.25, -0.2) is 0 Å². The van der Waals surface area contributed by atoms with E-state index >= 15 is 0 Å². The summed E-state index contributed by atoms with van der Waals surface area (Å²) in [5, 5.41) is 0. The van der Waals surface area contributed by atoms with E-state index < -0.39 is 0 Å². The van der Waals surface area contributed by atoms with Crippen molar-refractivity contribution in [2.45, 2.75) is 12.8 Å². The summed E-state index contributed by atoms with van der Waals surface area (Å²) < 4.78 is 0. The van der Waals surface area contributed by atoms with Gasteiger partial charge in [-0.15, -0.1) is 0 Å². The molecule has 1 aliphatic rings. The van der Waals surface area contributed by atoms with E-state index in [1.807, 2.05) is 0 Å². The van der Waals surface area contributed by atoms with Gasteiger partial charge < -0.3 is 11.5 Å². The minimum Gasteiger partial charge on any atom is -0.330 e. The average Bonchev–Trinajstić information content (AvgIpc) is 2.04. The molecule has 1 aliphatic carbocycles. The molecule has 0 radical (unpaired) electrons. The Balaban J connectivity index is 2.45. The first-order chi connectivity index (χ1) is 4.88. The van der Waals surface area contributed by atoms with Gasteiger partial charge in [-0.05, 0) is 37.8 Å². The molecule has 0 saturated heterocycles. The Hall–Kier alpha value is -0.340. The average molecular weight is 140 g/mol. The van der Waals surface area contributed by atoms with E-state index in [0.29, 0.717) is 11.8 Å². The standard InChI is InChI=1S/C8H16N2/c9-5-7-3-1-2-4-8(7)6-10/h1-2,7-8H,3-6,9-10H2/t7-,8-/m0/s1. The monoisotopic (exact) mass is 140 g/mol. The Morgan fingerprint density at radius 2 is 1.40 bits per heavy atom. The van der Waals surface area contributed by atoms with E-state index in [1.165, 1.54) is 0 Å². The van der Waals surface area contributed by atoms with Crippen molar-refractivity contribution in [3.05, 3.63) is 12.2 Å². The van der Waals surface area contributed by atoms with Gasteiger partial charge in [-0.1, -0.05) is 12.2 Å². The van der Waals surface area contributed by atoms with Crippen LogP contribution in [0.2, 0.25) is 0 Å². The summed E-state index contributed by atoms with van der Waals surface area (Å²) in [4.78, 5) is 0. The summed E-state index contributed by atoms with van der Waals surface area (Å²) in [7, 11) is 0. The molecule has 0 fully saturated rings. The van der Waals surface area contributed by atoms with Crippen molar-refractivity contribution in [3.63, 3.8) is 0 Å². The van der Waals surface area contributed by atoms with Gasteiger partial charge in [-0.2, -0.15) is 0 Å². The second-order valence-corrected chi connectivity index (χ2v) is 2.93. The zero-order valence-electron chi connectivity index (χ0n) is 6.29. The quantitative estimate of drug-likeness (QED) is 0.548. The molecule has 10 heavy (non-hydrogen) atoms. The Kier molecular flexibility index (Phi) is 2.90. The molecule has 0 bridgehead atoms. The van der Waals surface area contributed by atoms with E-state index in [9.17, 15) is 0 Å². The molecule has 2 heteroatoms. The van der Waals surface area contributed by atoms with Gasteiger partial charge in [0.05, 0.1) is 0 Å². The molecule has 4 N–H and O–H groups in total. The summed E-state index contributed by atoms with van der Waals surface area (Å²) in [6.45, 7) is 1.57. The first kappa shape index (κ1) is 7.76. The third kappa shape index (κ3) is 1.58. The van der Waals surface area contributed by atoms with Gasteiger partial charge in [0.1, 0.15) is 0 Å². The molecular formula is C8H16N2. The van der Waals surface area contributed by atoms with Crippen LogP contribution in [-0.2, 0) is 0 Å². The summed E-state index contributed by atoms with van der Waals surface area (Å²) in [5.74, 6) is 1.27. The van der Waals surface area contributed by atoms with Crippen LogP contribution in [0.4, 0.5) is 0 Å². The molecule has 0 spiro atoms. The minimum atomic E-state index is 0.634. The van der Waals surface area contributed by atoms with Crippen LogP contribution in [-0.4, -0.2) is 13.1 Å². The van der Waals surface area contributed by atoms with Gasteiger partial charge in [0, 0.05) is 0 Å². The van der Waals surface area contributed by atoms with Crippen LogP contribution < -0.4 is 11.5 Å². The highest BCUT2D eigenvalue weighted by Crippen LogP contribution is 2.22. The topological polar surface area (TPSA) is 52.0 Å². The molecule has 2 nitrogen and oxygen atoms in total. The fourth-order valence-electron chi connectivity index (χ4n) is 1.50. The van der Waals surface area contributed by atoms with Crippen molar-refractivity contribution in [3.8, 4) is 0 Å². The number of allylic oxidation sites excluding steroid dienone is 2. The first-order valence-electron chi connectivity index (χ1n) is 3.93. The van der Waals surface area contributed by atoms with Crippen molar-refractivity contribution in [2.75, 3.05) is 13.1 Å². The van der Waals surface area contributed by atoms with Crippen molar-refractivity contribution < 1.29 is 0 Å². The zero-order chi connectivity index (χ0) is 7.40. The molecule has 1 rings (SSSR count). The highest BCUT2D eigenvalue weighted by molar-refractivity contribution is 4.94. The fraction of sp³-hybridized carbons (Fsp3) is 0.750. The van der Waals surface area contributed by atoms with Gasteiger partial charge in [0.2, 0.25) is 0 Å². The molecule has 0 unspecified atom stereocenters. The van der Waals surface area contributed by atoms with Crippen molar-refractivity contribution >= 4 is 0 Å². The molecule has 0 amide bonds. The van der Waals surface area contributed by atoms with E-state index in [-0.39, 0.29) is 0 Å². The fourth-order valence-corrected chi connectivity index (χ4v) is 1.50. The SMILES string of the molecule is NC[C@@H]1CC=CC[C@H]1CN. The van der Waals surface area contributed by atoms with Crippen molar-refractivity contribution in [1.82, 2.24) is 0 Å². The number of nitrogens with two attached hydrogens (primary N) is 2. The first-order valence-corrected chi connectivity index (χ1v) is 3.93. The number of rotatable bonds is 2. The lowest BCUT2D eigenvalue weighted by Crippen LogP contribution is -2.30. The summed E-state index contributed by atoms with van der Waals surface area (Å²) in [5.41, 5.74) is 11.2. The maximum atomic E-state index is 5.58. The van der Waals surface area contributed by atoms with Crippen LogP contribution >= 0.6 is 0 Å². The maximum Gasteiger partial charge on any atom is -0.00427 e. The van der Waals surface area contributed by atoms with E-state index in [4.69, 9.17) is 11.5 Å². The Morgan fingerprint density at radius 3 is 1.70 bits per heavy atom. The summed E-state index contributed by atoms with van der Waals surface area (Å²) in [6.07, 6.45) is 6.67. The third-order valence-corrected chi connectivity index (χ3v) is 2.32. The van der Waals surface area contributed by atoms with Crippen LogP contribution in [0.5, 0.6) is 0 Å². The van der Waals surface area contributed by atoms with Crippen LogP contribution in [0.3, 0.4) is 0 Å². The van der Waals surface area contributed by atoms with Gasteiger partial charge in [-0.3, -0.25) is 0 Å². The van der Waals surface area contributed by atoms with Gasteiger partial charge in [0.15, 0.2) is 0 Å². The van der Waals surface area contributed by atoms with Gasteiger partial charge >= 0.3 is 0 Å². The lowest BCUT2D eigenvalue weighted by molar-refractivity contribution is 0.339. The zero-order valence-corrected chi connectivity index (χ0v) is 6.29. The highest BCUT2D eigenvalue weighted by atomic mass is 14.6. The molecule has 2 atom stereocenters. The van der Waals surface area contributed by atoms with E-state index in [1.54, 1.807) is 0 Å². The van der Waals surface area contributed by atoms with Crippen LogP contribution in [0.1, 0.15) is 12.8 Å². The molecule has 0 aromatic rings. The molecule has 0 aromatic carbocycles. The third-order valence-electron chi connectivity index (χ3n) is 2.32. The van der Waals surface area contributed by atoms with Crippen LogP contribution in [0.15, 0.2) is 12.2 Å². The molecule has 0 saturated carbocycles. The largest absolute Gasteiger partial charge is 0.330 e. The molecular weight excluding hydrogens is 124 g/mol. The summed E-state index contributed by atoms with van der Waals surface area (Å²) in [6, 6.07) is 0. The van der Waals surface area contributed by atoms with Gasteiger partial charge in [0.25, 0.3) is 0 Å². The number of hydrogen-bond acceptors (Lipinski definition) is 2. The lowest BCUT2D eigenvalue weighted by Gasteiger charge is -2.25. The number of hydrogen-bond donors (Lipinski definition) is 2. The Bertz CT molecular complexity index is 106. The van der Waals surface area contributed by atoms with Crippen molar-refractivity contribution in [1.29, 1.82) is 0 Å². The smallest absolute Gasteiger partial charge is 0.00427 e. The van der Waals surface area contributed by atoms with Crippen LogP contribution in [0, 0.1) is 11.8 Å². The Labute approximate surface area is 62.3 Å². The predicted molar refractivity (Wildman–Crippen MR) is 43.5 cm³/mol. The lowest BCUT2D eigenvalue weighted by atomic mass is 9.83. The van der Waals surface area contributed by atoms with E-state index in [2.05, 4.69) is 12.2 Å². The molecule has 0 heterocycles. The summed E-state index contributed by atoms with van der Waals surface area (Å²) >= 11 is 0. The maximum absolute atomic E-state index is 5.58. The van der Waals surface area contributed by atoms with E-state index in [0.717, 1.165) is 25.9 Å². The van der Waals surface area contributed by atoms with Crippen LogP contribution in [0.25, 0.3) is 0 Å². The molecule has 0 aromatic heterocycles.